The Morgan fingerprint density at radius 1 is 1.08 bits per heavy atom. The Labute approximate surface area is 151 Å². The van der Waals surface area contributed by atoms with E-state index in [1.807, 2.05) is 12.1 Å². The molecule has 25 heavy (non-hydrogen) atoms. The second kappa shape index (κ2) is 6.66. The second-order valence-corrected chi connectivity index (χ2v) is 9.23. The Morgan fingerprint density at radius 2 is 1.64 bits per heavy atom. The predicted octanol–water partition coefficient (Wildman–Crippen LogP) is 4.55. The van der Waals surface area contributed by atoms with Gasteiger partial charge in [-0.25, -0.2) is 0 Å². The van der Waals surface area contributed by atoms with Gasteiger partial charge in [-0.15, -0.1) is 0 Å². The summed E-state index contributed by atoms with van der Waals surface area (Å²) in [6.45, 7) is 5.66. The van der Waals surface area contributed by atoms with Gasteiger partial charge in [0.15, 0.2) is 0 Å². The molecule has 0 spiro atoms. The summed E-state index contributed by atoms with van der Waals surface area (Å²) in [6, 6.07) is 8.15. The van der Waals surface area contributed by atoms with Gasteiger partial charge in [0.05, 0.1) is 6.61 Å². The van der Waals surface area contributed by atoms with Crippen LogP contribution in [-0.2, 0) is 11.3 Å². The number of carbonyl (C=O) groups excluding carboxylic acids is 1. The van der Waals surface area contributed by atoms with Gasteiger partial charge in [-0.2, -0.15) is 0 Å². The van der Waals surface area contributed by atoms with Gasteiger partial charge >= 0.3 is 0 Å². The molecule has 1 aromatic rings. The molecule has 4 aliphatic carbocycles. The summed E-state index contributed by atoms with van der Waals surface area (Å²) < 4.78 is 5.73. The van der Waals surface area contributed by atoms with Crippen LogP contribution < -0.4 is 10.1 Å². The molecule has 0 heterocycles. The average molecular weight is 341 g/mol. The quantitative estimate of drug-likeness (QED) is 0.824. The van der Waals surface area contributed by atoms with E-state index >= 15 is 0 Å². The number of ether oxygens (including phenoxy) is 1. The van der Waals surface area contributed by atoms with E-state index in [2.05, 4.69) is 31.3 Å². The van der Waals surface area contributed by atoms with E-state index in [4.69, 9.17) is 4.74 Å². The normalized spacial score (nSPS) is 32.8. The first-order valence-corrected chi connectivity index (χ1v) is 10.0. The molecule has 0 unspecified atom stereocenters. The van der Waals surface area contributed by atoms with Gasteiger partial charge in [-0.05, 0) is 79.9 Å². The Balaban J connectivity index is 1.33. The minimum absolute atomic E-state index is 0.0466. The van der Waals surface area contributed by atoms with Crippen LogP contribution in [0.25, 0.3) is 0 Å². The van der Waals surface area contributed by atoms with Crippen molar-refractivity contribution in [2.24, 2.45) is 29.1 Å². The van der Waals surface area contributed by atoms with Crippen LogP contribution >= 0.6 is 0 Å². The summed E-state index contributed by atoms with van der Waals surface area (Å²) in [6.07, 6.45) is 7.53. The Hall–Kier alpha value is -1.51. The molecular formula is C22H31NO2. The van der Waals surface area contributed by atoms with E-state index in [-0.39, 0.29) is 5.41 Å². The highest BCUT2D eigenvalue weighted by Crippen LogP contribution is 2.60. The molecule has 136 valence electrons. The average Bonchev–Trinajstić information content (AvgIpc) is 2.57. The summed E-state index contributed by atoms with van der Waals surface area (Å²) in [4.78, 5) is 13.0. The first-order chi connectivity index (χ1) is 12.0. The zero-order valence-corrected chi connectivity index (χ0v) is 15.6. The zero-order valence-electron chi connectivity index (χ0n) is 15.6. The highest BCUT2D eigenvalue weighted by Gasteiger charge is 2.54. The molecule has 4 bridgehead atoms. The third kappa shape index (κ3) is 3.56. The fraction of sp³-hybridized carbons (Fsp3) is 0.682. The highest BCUT2D eigenvalue weighted by atomic mass is 16.5. The van der Waals surface area contributed by atoms with E-state index in [1.54, 1.807) is 0 Å². The number of amides is 1. The number of hydrogen-bond donors (Lipinski definition) is 1. The minimum Gasteiger partial charge on any atom is -0.493 e. The Kier molecular flexibility index (Phi) is 4.51. The lowest BCUT2D eigenvalue weighted by Crippen LogP contribution is -2.53. The van der Waals surface area contributed by atoms with Gasteiger partial charge in [0.2, 0.25) is 5.91 Å². The van der Waals surface area contributed by atoms with E-state index in [0.717, 1.165) is 54.9 Å². The number of carbonyl (C=O) groups is 1. The van der Waals surface area contributed by atoms with Crippen LogP contribution in [0.1, 0.15) is 57.9 Å². The third-order valence-electron chi connectivity index (χ3n) is 6.48. The van der Waals surface area contributed by atoms with Gasteiger partial charge in [0.25, 0.3) is 0 Å². The topological polar surface area (TPSA) is 38.3 Å². The predicted molar refractivity (Wildman–Crippen MR) is 99.2 cm³/mol. The van der Waals surface area contributed by atoms with Crippen molar-refractivity contribution in [1.82, 2.24) is 5.32 Å². The molecule has 0 aromatic heterocycles. The van der Waals surface area contributed by atoms with Gasteiger partial charge in [0.1, 0.15) is 5.75 Å². The van der Waals surface area contributed by atoms with Crippen molar-refractivity contribution in [2.75, 3.05) is 6.61 Å². The molecule has 1 aromatic carbocycles. The van der Waals surface area contributed by atoms with Gasteiger partial charge < -0.3 is 10.1 Å². The molecule has 3 heteroatoms. The molecule has 0 saturated heterocycles. The summed E-state index contributed by atoms with van der Waals surface area (Å²) in [5.41, 5.74) is 1.10. The fourth-order valence-electron chi connectivity index (χ4n) is 5.73. The molecule has 3 nitrogen and oxygen atoms in total. The maximum absolute atomic E-state index is 13.0. The van der Waals surface area contributed by atoms with Crippen molar-refractivity contribution in [3.8, 4) is 5.75 Å². The Morgan fingerprint density at radius 3 is 2.16 bits per heavy atom. The maximum atomic E-state index is 13.0. The summed E-state index contributed by atoms with van der Waals surface area (Å²) >= 11 is 0. The van der Waals surface area contributed by atoms with Crippen LogP contribution in [0.3, 0.4) is 0 Å². The zero-order chi connectivity index (χ0) is 17.4. The number of nitrogens with one attached hydrogen (secondary N) is 1. The molecule has 5 rings (SSSR count). The monoisotopic (exact) mass is 341 g/mol. The van der Waals surface area contributed by atoms with Crippen LogP contribution in [0.15, 0.2) is 24.3 Å². The van der Waals surface area contributed by atoms with Crippen LogP contribution in [0.5, 0.6) is 5.75 Å². The minimum atomic E-state index is -0.0466. The van der Waals surface area contributed by atoms with Crippen molar-refractivity contribution >= 4 is 5.91 Å². The van der Waals surface area contributed by atoms with Crippen molar-refractivity contribution in [3.05, 3.63) is 29.8 Å². The highest BCUT2D eigenvalue weighted by molar-refractivity contribution is 5.83. The van der Waals surface area contributed by atoms with Crippen LogP contribution in [-0.4, -0.2) is 12.5 Å². The molecule has 1 amide bonds. The fourth-order valence-corrected chi connectivity index (χ4v) is 5.73. The standard InChI is InChI=1S/C22H31NO2/c1-15(2)14-25-20-5-3-16(4-6-20)13-23-21(24)22-10-17-7-18(11-22)9-19(8-17)12-22/h3-6,15,17-19H,7-14H2,1-2H3,(H,23,24). The molecule has 0 radical (unpaired) electrons. The molecule has 0 aliphatic heterocycles. The van der Waals surface area contributed by atoms with Crippen molar-refractivity contribution in [3.63, 3.8) is 0 Å². The lowest BCUT2D eigenvalue weighted by atomic mass is 9.49. The SMILES string of the molecule is CC(C)COc1ccc(CNC(=O)C23CC4CC(CC(C4)C2)C3)cc1. The summed E-state index contributed by atoms with van der Waals surface area (Å²) in [5, 5.41) is 3.25. The van der Waals surface area contributed by atoms with Crippen LogP contribution in [0.2, 0.25) is 0 Å². The molecule has 4 saturated carbocycles. The number of benzene rings is 1. The number of hydrogen-bond acceptors (Lipinski definition) is 2. The van der Waals surface area contributed by atoms with Crippen LogP contribution in [0.4, 0.5) is 0 Å². The maximum Gasteiger partial charge on any atom is 0.226 e. The summed E-state index contributed by atoms with van der Waals surface area (Å²) in [7, 11) is 0. The first-order valence-electron chi connectivity index (χ1n) is 10.0. The van der Waals surface area contributed by atoms with Gasteiger partial charge in [-0.3, -0.25) is 4.79 Å². The molecule has 1 N–H and O–H groups in total. The molecule has 0 atom stereocenters. The van der Waals surface area contributed by atoms with Gasteiger partial charge in [-0.1, -0.05) is 26.0 Å². The van der Waals surface area contributed by atoms with Crippen molar-refractivity contribution < 1.29 is 9.53 Å². The number of rotatable bonds is 6. The lowest BCUT2D eigenvalue weighted by molar-refractivity contribution is -0.146. The van der Waals surface area contributed by atoms with Crippen molar-refractivity contribution in [1.29, 1.82) is 0 Å². The summed E-state index contributed by atoms with van der Waals surface area (Å²) in [5.74, 6) is 4.19. The van der Waals surface area contributed by atoms with E-state index in [1.165, 1.54) is 19.3 Å². The molecule has 4 fully saturated rings. The largest absolute Gasteiger partial charge is 0.493 e. The lowest BCUT2D eigenvalue weighted by Gasteiger charge is -2.55. The molecular weight excluding hydrogens is 310 g/mol. The Bertz CT molecular complexity index is 584. The third-order valence-corrected chi connectivity index (χ3v) is 6.48. The second-order valence-electron chi connectivity index (χ2n) is 9.23. The van der Waals surface area contributed by atoms with Crippen LogP contribution in [0, 0.1) is 29.1 Å². The van der Waals surface area contributed by atoms with E-state index < -0.39 is 0 Å². The van der Waals surface area contributed by atoms with E-state index in [0.29, 0.717) is 18.4 Å². The van der Waals surface area contributed by atoms with Gasteiger partial charge in [0, 0.05) is 12.0 Å². The van der Waals surface area contributed by atoms with E-state index in [9.17, 15) is 4.79 Å². The smallest absolute Gasteiger partial charge is 0.226 e. The van der Waals surface area contributed by atoms with Crippen molar-refractivity contribution in [2.45, 2.75) is 58.9 Å². The first kappa shape index (κ1) is 16.9. The molecule has 4 aliphatic rings.